The summed E-state index contributed by atoms with van der Waals surface area (Å²) in [5, 5.41) is 11.6. The number of rotatable bonds is 3. The second kappa shape index (κ2) is 3.87. The molecule has 0 bridgehead atoms. The van der Waals surface area contributed by atoms with Crippen LogP contribution in [0.2, 0.25) is 0 Å². The van der Waals surface area contributed by atoms with E-state index in [0.717, 1.165) is 6.42 Å². The number of carboxylic acids is 1. The Hall–Kier alpha value is -1.84. The van der Waals surface area contributed by atoms with E-state index in [1.165, 1.54) is 12.1 Å². The molecule has 0 spiro atoms. The summed E-state index contributed by atoms with van der Waals surface area (Å²) < 4.78 is 0. The molecular formula is C13H15NO3. The van der Waals surface area contributed by atoms with Gasteiger partial charge in [0.25, 0.3) is 0 Å². The minimum absolute atomic E-state index is 0.0301. The van der Waals surface area contributed by atoms with Crippen LogP contribution in [0.25, 0.3) is 0 Å². The molecule has 1 aromatic carbocycles. The van der Waals surface area contributed by atoms with E-state index in [0.29, 0.717) is 5.69 Å². The van der Waals surface area contributed by atoms with Gasteiger partial charge in [-0.1, -0.05) is 19.9 Å². The highest BCUT2D eigenvalue weighted by Gasteiger charge is 2.50. The Morgan fingerprint density at radius 1 is 1.41 bits per heavy atom. The molecule has 1 aliphatic carbocycles. The van der Waals surface area contributed by atoms with Gasteiger partial charge in [-0.2, -0.15) is 0 Å². The summed E-state index contributed by atoms with van der Waals surface area (Å²) in [5.41, 5.74) is 0.796. The lowest BCUT2D eigenvalue weighted by molar-refractivity contribution is -0.118. The Morgan fingerprint density at radius 3 is 2.59 bits per heavy atom. The standard InChI is InChI=1S/C13H15NO3/c1-13(2)7-10(13)11(15)14-9-5-3-4-8(6-9)12(16)17/h3-6,10H,7H2,1-2H3,(H,14,15)(H,16,17)/t10-/m1/s1. The monoisotopic (exact) mass is 233 g/mol. The van der Waals surface area contributed by atoms with Gasteiger partial charge in [0.2, 0.25) is 5.91 Å². The van der Waals surface area contributed by atoms with E-state index in [1.54, 1.807) is 12.1 Å². The average Bonchev–Trinajstić information content (AvgIpc) is 2.88. The van der Waals surface area contributed by atoms with Gasteiger partial charge in [0.15, 0.2) is 0 Å². The van der Waals surface area contributed by atoms with Crippen LogP contribution in [0.3, 0.4) is 0 Å². The summed E-state index contributed by atoms with van der Waals surface area (Å²) in [6, 6.07) is 6.28. The van der Waals surface area contributed by atoms with Gasteiger partial charge in [0.05, 0.1) is 5.56 Å². The highest BCUT2D eigenvalue weighted by molar-refractivity contribution is 5.96. The molecule has 0 aliphatic heterocycles. The normalized spacial score (nSPS) is 20.7. The minimum atomic E-state index is -0.993. The van der Waals surface area contributed by atoms with Crippen LogP contribution in [0.4, 0.5) is 5.69 Å². The van der Waals surface area contributed by atoms with E-state index < -0.39 is 5.97 Å². The zero-order valence-corrected chi connectivity index (χ0v) is 9.86. The topological polar surface area (TPSA) is 66.4 Å². The fourth-order valence-corrected chi connectivity index (χ4v) is 1.87. The molecule has 0 unspecified atom stereocenters. The van der Waals surface area contributed by atoms with Crippen LogP contribution in [0, 0.1) is 11.3 Å². The van der Waals surface area contributed by atoms with Gasteiger partial charge in [-0.15, -0.1) is 0 Å². The first-order valence-corrected chi connectivity index (χ1v) is 5.54. The van der Waals surface area contributed by atoms with E-state index in [4.69, 9.17) is 5.11 Å². The van der Waals surface area contributed by atoms with Crippen molar-refractivity contribution in [2.75, 3.05) is 5.32 Å². The number of carboxylic acid groups (broad SMARTS) is 1. The molecule has 0 saturated heterocycles. The average molecular weight is 233 g/mol. The van der Waals surface area contributed by atoms with Crippen LogP contribution < -0.4 is 5.32 Å². The summed E-state index contributed by atoms with van der Waals surface area (Å²) in [5.74, 6) is -0.985. The Labute approximate surface area is 99.6 Å². The van der Waals surface area contributed by atoms with Crippen molar-refractivity contribution in [3.63, 3.8) is 0 Å². The second-order valence-electron chi connectivity index (χ2n) is 5.12. The minimum Gasteiger partial charge on any atom is -0.478 e. The number of hydrogen-bond acceptors (Lipinski definition) is 2. The molecule has 1 atom stereocenters. The first-order chi connectivity index (χ1) is 7.90. The number of aromatic carboxylic acids is 1. The molecule has 1 aliphatic rings. The molecule has 0 heterocycles. The van der Waals surface area contributed by atoms with E-state index in [9.17, 15) is 9.59 Å². The largest absolute Gasteiger partial charge is 0.478 e. The van der Waals surface area contributed by atoms with Crippen LogP contribution in [0.15, 0.2) is 24.3 Å². The number of hydrogen-bond donors (Lipinski definition) is 2. The van der Waals surface area contributed by atoms with Gasteiger partial charge in [0, 0.05) is 11.6 Å². The van der Waals surface area contributed by atoms with Crippen molar-refractivity contribution in [2.24, 2.45) is 11.3 Å². The van der Waals surface area contributed by atoms with Gasteiger partial charge < -0.3 is 10.4 Å². The zero-order valence-electron chi connectivity index (χ0n) is 9.86. The van der Waals surface area contributed by atoms with Gasteiger partial charge in [-0.3, -0.25) is 4.79 Å². The van der Waals surface area contributed by atoms with Crippen molar-refractivity contribution in [1.29, 1.82) is 0 Å². The number of benzene rings is 1. The van der Waals surface area contributed by atoms with Crippen molar-refractivity contribution in [1.82, 2.24) is 0 Å². The molecule has 1 saturated carbocycles. The first-order valence-electron chi connectivity index (χ1n) is 5.54. The maximum atomic E-state index is 11.8. The fraction of sp³-hybridized carbons (Fsp3) is 0.385. The van der Waals surface area contributed by atoms with Crippen molar-refractivity contribution in [3.05, 3.63) is 29.8 Å². The van der Waals surface area contributed by atoms with E-state index in [1.807, 2.05) is 13.8 Å². The lowest BCUT2D eigenvalue weighted by Gasteiger charge is -2.07. The summed E-state index contributed by atoms with van der Waals surface area (Å²) in [4.78, 5) is 22.6. The molecule has 4 heteroatoms. The molecule has 4 nitrogen and oxygen atoms in total. The molecule has 0 radical (unpaired) electrons. The Kier molecular flexibility index (Phi) is 2.65. The third-order valence-corrected chi connectivity index (χ3v) is 3.21. The van der Waals surface area contributed by atoms with Gasteiger partial charge in [0.1, 0.15) is 0 Å². The SMILES string of the molecule is CC1(C)C[C@@H]1C(=O)Nc1cccc(C(=O)O)c1. The van der Waals surface area contributed by atoms with Crippen molar-refractivity contribution in [2.45, 2.75) is 20.3 Å². The third kappa shape index (κ3) is 2.46. The maximum absolute atomic E-state index is 11.8. The first kappa shape index (κ1) is 11.6. The van der Waals surface area contributed by atoms with Gasteiger partial charge in [-0.25, -0.2) is 4.79 Å². The number of carbonyl (C=O) groups is 2. The van der Waals surface area contributed by atoms with E-state index >= 15 is 0 Å². The van der Waals surface area contributed by atoms with Crippen molar-refractivity contribution >= 4 is 17.6 Å². The molecule has 2 N–H and O–H groups in total. The molecule has 1 aromatic rings. The number of carbonyl (C=O) groups excluding carboxylic acids is 1. The molecular weight excluding hydrogens is 218 g/mol. The fourth-order valence-electron chi connectivity index (χ4n) is 1.87. The van der Waals surface area contributed by atoms with Crippen molar-refractivity contribution < 1.29 is 14.7 Å². The predicted molar refractivity (Wildman–Crippen MR) is 63.9 cm³/mol. The molecule has 90 valence electrons. The Balaban J connectivity index is 2.07. The highest BCUT2D eigenvalue weighted by atomic mass is 16.4. The van der Waals surface area contributed by atoms with Gasteiger partial charge >= 0.3 is 5.97 Å². The van der Waals surface area contributed by atoms with Crippen molar-refractivity contribution in [3.8, 4) is 0 Å². The van der Waals surface area contributed by atoms with E-state index in [2.05, 4.69) is 5.32 Å². The summed E-state index contributed by atoms with van der Waals surface area (Å²) in [6.45, 7) is 4.09. The Morgan fingerprint density at radius 2 is 2.06 bits per heavy atom. The highest BCUT2D eigenvalue weighted by Crippen LogP contribution is 2.51. The summed E-state index contributed by atoms with van der Waals surface area (Å²) >= 11 is 0. The second-order valence-corrected chi connectivity index (χ2v) is 5.12. The molecule has 2 rings (SSSR count). The van der Waals surface area contributed by atoms with Crippen LogP contribution in [0.1, 0.15) is 30.6 Å². The summed E-state index contributed by atoms with van der Waals surface area (Å²) in [7, 11) is 0. The lowest BCUT2D eigenvalue weighted by Crippen LogP contribution is -2.16. The van der Waals surface area contributed by atoms with Crippen LogP contribution in [-0.4, -0.2) is 17.0 Å². The number of nitrogens with one attached hydrogen (secondary N) is 1. The predicted octanol–water partition coefficient (Wildman–Crippen LogP) is 2.37. The summed E-state index contributed by atoms with van der Waals surface area (Å²) in [6.07, 6.45) is 0.886. The number of anilines is 1. The quantitative estimate of drug-likeness (QED) is 0.842. The van der Waals surface area contributed by atoms with Crippen LogP contribution in [-0.2, 0) is 4.79 Å². The number of amides is 1. The van der Waals surface area contributed by atoms with Crippen LogP contribution in [0.5, 0.6) is 0 Å². The lowest BCUT2D eigenvalue weighted by atomic mass is 10.1. The Bertz CT molecular complexity index is 479. The maximum Gasteiger partial charge on any atom is 0.335 e. The third-order valence-electron chi connectivity index (χ3n) is 3.21. The zero-order chi connectivity index (χ0) is 12.6. The smallest absolute Gasteiger partial charge is 0.335 e. The molecule has 0 aromatic heterocycles. The van der Waals surface area contributed by atoms with Gasteiger partial charge in [-0.05, 0) is 30.0 Å². The molecule has 1 amide bonds. The van der Waals surface area contributed by atoms with Crippen LogP contribution >= 0.6 is 0 Å². The molecule has 1 fully saturated rings. The van der Waals surface area contributed by atoms with E-state index in [-0.39, 0.29) is 22.8 Å². The molecule has 17 heavy (non-hydrogen) atoms.